The Bertz CT molecular complexity index is 2490. The van der Waals surface area contributed by atoms with Crippen LogP contribution in [0.3, 0.4) is 0 Å². The van der Waals surface area contributed by atoms with Gasteiger partial charge in [0.25, 0.3) is 0 Å². The Labute approximate surface area is 397 Å². The summed E-state index contributed by atoms with van der Waals surface area (Å²) in [5, 5.41) is 0. The molecule has 0 saturated carbocycles. The van der Waals surface area contributed by atoms with Gasteiger partial charge in [0.1, 0.15) is 0 Å². The molecule has 0 fully saturated rings. The van der Waals surface area contributed by atoms with Crippen molar-refractivity contribution >= 4 is 11.1 Å². The standard InChI is InChI=1S/C66H68/c1-63(2,3)57-37-29-49(30-38-57)45-13-21-53(22-14-45)61(54-23-15-46(16-24-54)50-31-39-58(40-32-50)64(4,5)6)62(55-25-17-47(18-26-55)51-33-41-59(42-34-51)65(7,8)9)56-27-19-48(20-28-56)52-35-43-60(44-36-52)66(10,11)12/h13-44H,1-12H3. The molecule has 0 aromatic heterocycles. The Morgan fingerprint density at radius 2 is 0.303 bits per heavy atom. The molecular formula is C66H68. The molecule has 0 saturated heterocycles. The SMILES string of the molecule is CC(C)(C)c1ccc(-c2ccc(C(=C(c3ccc(-c4ccc(C(C)(C)C)cc4)cc3)c3ccc(-c4ccc(C(C)(C)C)cc4)cc3)c3ccc(-c4ccc(C(C)(C)C)cc4)cc3)cc2)cc1. The summed E-state index contributed by atoms with van der Waals surface area (Å²) in [4.78, 5) is 0. The molecule has 332 valence electrons. The molecule has 0 amide bonds. The molecular weight excluding hydrogens is 793 g/mol. The zero-order valence-electron chi connectivity index (χ0n) is 41.5. The highest BCUT2D eigenvalue weighted by molar-refractivity contribution is 6.05. The molecule has 0 bridgehead atoms. The molecule has 8 rings (SSSR count). The highest BCUT2D eigenvalue weighted by Crippen LogP contribution is 2.40. The van der Waals surface area contributed by atoms with Crippen LogP contribution >= 0.6 is 0 Å². The molecule has 8 aromatic rings. The van der Waals surface area contributed by atoms with E-state index in [0.29, 0.717) is 0 Å². The summed E-state index contributed by atoms with van der Waals surface area (Å²) >= 11 is 0. The van der Waals surface area contributed by atoms with Crippen molar-refractivity contribution in [3.8, 4) is 44.5 Å². The van der Waals surface area contributed by atoms with E-state index in [-0.39, 0.29) is 21.7 Å². The van der Waals surface area contributed by atoms with Crippen molar-refractivity contribution in [1.82, 2.24) is 0 Å². The molecule has 0 atom stereocenters. The van der Waals surface area contributed by atoms with Gasteiger partial charge in [-0.05, 0) is 122 Å². The molecule has 0 heteroatoms. The van der Waals surface area contributed by atoms with E-state index in [2.05, 4.69) is 277 Å². The minimum atomic E-state index is 0.105. The fourth-order valence-electron chi connectivity index (χ4n) is 8.88. The first-order valence-electron chi connectivity index (χ1n) is 23.8. The molecule has 0 radical (unpaired) electrons. The van der Waals surface area contributed by atoms with Crippen LogP contribution < -0.4 is 0 Å². The van der Waals surface area contributed by atoms with Gasteiger partial charge >= 0.3 is 0 Å². The van der Waals surface area contributed by atoms with Crippen molar-refractivity contribution in [3.63, 3.8) is 0 Å². The van der Waals surface area contributed by atoms with Gasteiger partial charge in [-0.3, -0.25) is 0 Å². The van der Waals surface area contributed by atoms with E-state index >= 15 is 0 Å². The Balaban J connectivity index is 1.29. The van der Waals surface area contributed by atoms with Crippen LogP contribution in [0.4, 0.5) is 0 Å². The lowest BCUT2D eigenvalue weighted by Gasteiger charge is -2.21. The van der Waals surface area contributed by atoms with E-state index in [1.54, 1.807) is 0 Å². The molecule has 0 heterocycles. The van der Waals surface area contributed by atoms with Crippen LogP contribution in [-0.4, -0.2) is 0 Å². The first kappa shape index (κ1) is 46.0. The smallest absolute Gasteiger partial charge is 0.00268 e. The monoisotopic (exact) mass is 861 g/mol. The molecule has 0 aliphatic heterocycles. The van der Waals surface area contributed by atoms with Crippen LogP contribution in [0.25, 0.3) is 55.7 Å². The molecule has 0 spiro atoms. The zero-order valence-corrected chi connectivity index (χ0v) is 41.5. The van der Waals surface area contributed by atoms with Crippen LogP contribution in [0.5, 0.6) is 0 Å². The van der Waals surface area contributed by atoms with Gasteiger partial charge in [-0.25, -0.2) is 0 Å². The minimum absolute atomic E-state index is 0.105. The first-order chi connectivity index (χ1) is 31.2. The topological polar surface area (TPSA) is 0 Å². The third-order valence-corrected chi connectivity index (χ3v) is 13.3. The van der Waals surface area contributed by atoms with Gasteiger partial charge in [0, 0.05) is 0 Å². The highest BCUT2D eigenvalue weighted by atomic mass is 14.2. The van der Waals surface area contributed by atoms with Gasteiger partial charge in [0.2, 0.25) is 0 Å². The number of hydrogen-bond donors (Lipinski definition) is 0. The van der Waals surface area contributed by atoms with Gasteiger partial charge in [-0.15, -0.1) is 0 Å². The van der Waals surface area contributed by atoms with Gasteiger partial charge < -0.3 is 0 Å². The summed E-state index contributed by atoms with van der Waals surface area (Å²) in [5.41, 5.74) is 22.6. The van der Waals surface area contributed by atoms with Crippen molar-refractivity contribution in [3.05, 3.63) is 239 Å². The summed E-state index contributed by atoms with van der Waals surface area (Å²) in [5.74, 6) is 0. The molecule has 8 aromatic carbocycles. The third kappa shape index (κ3) is 10.3. The van der Waals surface area contributed by atoms with Crippen molar-refractivity contribution in [2.24, 2.45) is 0 Å². The van der Waals surface area contributed by atoms with Gasteiger partial charge in [-0.2, -0.15) is 0 Å². The number of rotatable bonds is 8. The quantitative estimate of drug-likeness (QED) is 0.134. The Morgan fingerprint density at radius 3 is 0.424 bits per heavy atom. The summed E-state index contributed by atoms with van der Waals surface area (Å²) in [6.45, 7) is 27.2. The second kappa shape index (κ2) is 18.1. The summed E-state index contributed by atoms with van der Waals surface area (Å²) < 4.78 is 0. The van der Waals surface area contributed by atoms with Gasteiger partial charge in [-0.1, -0.05) is 277 Å². The lowest BCUT2D eigenvalue weighted by atomic mass is 9.83. The summed E-state index contributed by atoms with van der Waals surface area (Å²) in [6, 6.07) is 73.2. The predicted octanol–water partition coefficient (Wildman–Crippen LogP) is 18.6. The van der Waals surface area contributed by atoms with E-state index in [1.807, 2.05) is 0 Å². The van der Waals surface area contributed by atoms with Crippen LogP contribution in [0.1, 0.15) is 128 Å². The fourth-order valence-corrected chi connectivity index (χ4v) is 8.88. The van der Waals surface area contributed by atoms with Gasteiger partial charge in [0.15, 0.2) is 0 Å². The molecule has 0 N–H and O–H groups in total. The molecule has 0 unspecified atom stereocenters. The minimum Gasteiger partial charge on any atom is -0.0579 e. The van der Waals surface area contributed by atoms with Crippen molar-refractivity contribution in [2.75, 3.05) is 0 Å². The maximum Gasteiger partial charge on any atom is -0.00268 e. The van der Waals surface area contributed by atoms with E-state index < -0.39 is 0 Å². The maximum atomic E-state index is 2.32. The van der Waals surface area contributed by atoms with Crippen LogP contribution in [0.15, 0.2) is 194 Å². The Morgan fingerprint density at radius 1 is 0.182 bits per heavy atom. The van der Waals surface area contributed by atoms with Crippen LogP contribution in [0, 0.1) is 0 Å². The highest BCUT2D eigenvalue weighted by Gasteiger charge is 2.20. The Hall–Kier alpha value is -6.50. The van der Waals surface area contributed by atoms with E-state index in [1.165, 1.54) is 100 Å². The lowest BCUT2D eigenvalue weighted by Crippen LogP contribution is -2.10. The van der Waals surface area contributed by atoms with E-state index in [9.17, 15) is 0 Å². The van der Waals surface area contributed by atoms with Gasteiger partial charge in [0.05, 0.1) is 0 Å². The predicted molar refractivity (Wildman–Crippen MR) is 287 cm³/mol. The molecule has 0 aliphatic rings. The largest absolute Gasteiger partial charge is 0.0579 e. The molecule has 66 heavy (non-hydrogen) atoms. The third-order valence-electron chi connectivity index (χ3n) is 13.3. The second-order valence-electron chi connectivity index (χ2n) is 22.4. The summed E-state index contributed by atoms with van der Waals surface area (Å²) in [6.07, 6.45) is 0. The summed E-state index contributed by atoms with van der Waals surface area (Å²) in [7, 11) is 0. The van der Waals surface area contributed by atoms with E-state index in [0.717, 1.165) is 0 Å². The molecule has 0 nitrogen and oxygen atoms in total. The number of benzene rings is 8. The van der Waals surface area contributed by atoms with E-state index in [4.69, 9.17) is 0 Å². The van der Waals surface area contributed by atoms with Crippen LogP contribution in [0.2, 0.25) is 0 Å². The van der Waals surface area contributed by atoms with Crippen molar-refractivity contribution in [2.45, 2.75) is 105 Å². The lowest BCUT2D eigenvalue weighted by molar-refractivity contribution is 0.590. The Kier molecular flexibility index (Phi) is 12.6. The average molecular weight is 861 g/mol. The second-order valence-corrected chi connectivity index (χ2v) is 22.4. The van der Waals surface area contributed by atoms with Crippen LogP contribution in [-0.2, 0) is 21.7 Å². The normalized spacial score (nSPS) is 12.2. The average Bonchev–Trinajstić information content (AvgIpc) is 3.30. The van der Waals surface area contributed by atoms with Crippen molar-refractivity contribution in [1.29, 1.82) is 0 Å². The zero-order chi connectivity index (χ0) is 47.0. The maximum absolute atomic E-state index is 2.32. The number of hydrogen-bond acceptors (Lipinski definition) is 0. The first-order valence-corrected chi connectivity index (χ1v) is 23.8. The molecule has 0 aliphatic carbocycles. The van der Waals surface area contributed by atoms with Crippen molar-refractivity contribution < 1.29 is 0 Å². The fraction of sp³-hybridized carbons (Fsp3) is 0.242.